The van der Waals surface area contributed by atoms with Crippen molar-refractivity contribution in [1.82, 2.24) is 5.32 Å². The SMILES string of the molecule is CCOC(=O)Cc1cccc2c1CNCC2.Cl. The summed E-state index contributed by atoms with van der Waals surface area (Å²) < 4.78 is 4.98. The first kappa shape index (κ1) is 14.0. The molecule has 3 nitrogen and oxygen atoms in total. The van der Waals surface area contributed by atoms with Crippen LogP contribution in [0.3, 0.4) is 0 Å². The third-order valence-electron chi connectivity index (χ3n) is 2.88. The summed E-state index contributed by atoms with van der Waals surface area (Å²) in [5.74, 6) is -0.138. The highest BCUT2D eigenvalue weighted by Crippen LogP contribution is 2.19. The fraction of sp³-hybridized carbons (Fsp3) is 0.462. The van der Waals surface area contributed by atoms with Crippen LogP contribution in [0.2, 0.25) is 0 Å². The molecule has 0 spiro atoms. The highest BCUT2D eigenvalue weighted by Gasteiger charge is 2.14. The van der Waals surface area contributed by atoms with Gasteiger partial charge in [-0.1, -0.05) is 18.2 Å². The van der Waals surface area contributed by atoms with Crippen LogP contribution in [0.4, 0.5) is 0 Å². The number of carbonyl (C=O) groups excluding carboxylic acids is 1. The predicted octanol–water partition coefficient (Wildman–Crippen LogP) is 1.86. The molecule has 1 aliphatic rings. The number of halogens is 1. The molecule has 17 heavy (non-hydrogen) atoms. The molecule has 0 aliphatic carbocycles. The molecule has 0 radical (unpaired) electrons. The lowest BCUT2D eigenvalue weighted by Gasteiger charge is -2.20. The third kappa shape index (κ3) is 3.45. The van der Waals surface area contributed by atoms with Crippen LogP contribution in [0.1, 0.15) is 23.6 Å². The standard InChI is InChI=1S/C13H17NO2.ClH/c1-2-16-13(15)8-11-5-3-4-10-6-7-14-9-12(10)11;/h3-5,14H,2,6-9H2,1H3;1H. The van der Waals surface area contributed by atoms with Gasteiger partial charge in [0, 0.05) is 6.54 Å². The van der Waals surface area contributed by atoms with Crippen LogP contribution >= 0.6 is 12.4 Å². The van der Waals surface area contributed by atoms with Crippen molar-refractivity contribution in [3.63, 3.8) is 0 Å². The smallest absolute Gasteiger partial charge is 0.310 e. The van der Waals surface area contributed by atoms with Gasteiger partial charge < -0.3 is 10.1 Å². The summed E-state index contributed by atoms with van der Waals surface area (Å²) in [5.41, 5.74) is 3.74. The van der Waals surface area contributed by atoms with Crippen LogP contribution in [0.15, 0.2) is 18.2 Å². The van der Waals surface area contributed by atoms with Gasteiger partial charge in [-0.15, -0.1) is 12.4 Å². The molecule has 4 heteroatoms. The molecule has 0 aromatic heterocycles. The topological polar surface area (TPSA) is 38.3 Å². The second-order valence-electron chi connectivity index (χ2n) is 3.96. The van der Waals surface area contributed by atoms with E-state index in [0.717, 1.165) is 25.1 Å². The maximum Gasteiger partial charge on any atom is 0.310 e. The van der Waals surface area contributed by atoms with Crippen molar-refractivity contribution in [1.29, 1.82) is 0 Å². The highest BCUT2D eigenvalue weighted by atomic mass is 35.5. The van der Waals surface area contributed by atoms with Gasteiger partial charge in [0.1, 0.15) is 0 Å². The van der Waals surface area contributed by atoms with Crippen LogP contribution in [0.5, 0.6) is 0 Å². The monoisotopic (exact) mass is 255 g/mol. The third-order valence-corrected chi connectivity index (χ3v) is 2.88. The molecule has 0 saturated carbocycles. The van der Waals surface area contributed by atoms with E-state index in [0.29, 0.717) is 13.0 Å². The summed E-state index contributed by atoms with van der Waals surface area (Å²) in [4.78, 5) is 11.5. The Balaban J connectivity index is 0.00000144. The van der Waals surface area contributed by atoms with E-state index in [2.05, 4.69) is 11.4 Å². The van der Waals surface area contributed by atoms with Gasteiger partial charge in [0.2, 0.25) is 0 Å². The Kier molecular flexibility index (Phi) is 5.45. The van der Waals surface area contributed by atoms with Crippen molar-refractivity contribution in [2.45, 2.75) is 26.3 Å². The van der Waals surface area contributed by atoms with Gasteiger partial charge in [-0.2, -0.15) is 0 Å². The molecular weight excluding hydrogens is 238 g/mol. The van der Waals surface area contributed by atoms with Crippen molar-refractivity contribution in [2.75, 3.05) is 13.2 Å². The Morgan fingerprint density at radius 2 is 2.29 bits per heavy atom. The largest absolute Gasteiger partial charge is 0.466 e. The number of rotatable bonds is 3. The van der Waals surface area contributed by atoms with Crippen LogP contribution in [-0.4, -0.2) is 19.1 Å². The van der Waals surface area contributed by atoms with Crippen LogP contribution in [0, 0.1) is 0 Å². The van der Waals surface area contributed by atoms with Gasteiger partial charge in [0.05, 0.1) is 13.0 Å². The summed E-state index contributed by atoms with van der Waals surface area (Å²) in [6.45, 7) is 4.17. The van der Waals surface area contributed by atoms with E-state index in [-0.39, 0.29) is 18.4 Å². The minimum atomic E-state index is -0.138. The number of nitrogens with one attached hydrogen (secondary N) is 1. The van der Waals surface area contributed by atoms with Gasteiger partial charge >= 0.3 is 5.97 Å². The number of hydrogen-bond donors (Lipinski definition) is 1. The molecule has 2 rings (SSSR count). The van der Waals surface area contributed by atoms with Gasteiger partial charge in [-0.25, -0.2) is 0 Å². The number of ether oxygens (including phenoxy) is 1. The van der Waals surface area contributed by atoms with Gasteiger partial charge in [-0.05, 0) is 36.6 Å². The number of carbonyl (C=O) groups is 1. The molecule has 0 atom stereocenters. The molecule has 0 bridgehead atoms. The first-order chi connectivity index (χ1) is 7.81. The zero-order valence-corrected chi connectivity index (χ0v) is 10.8. The van der Waals surface area contributed by atoms with E-state index in [4.69, 9.17) is 4.74 Å². The Morgan fingerprint density at radius 3 is 3.06 bits per heavy atom. The lowest BCUT2D eigenvalue weighted by atomic mass is 9.94. The summed E-state index contributed by atoms with van der Waals surface area (Å²) >= 11 is 0. The summed E-state index contributed by atoms with van der Waals surface area (Å²) in [6, 6.07) is 6.19. The molecule has 1 aliphatic heterocycles. The average Bonchev–Trinajstić information content (AvgIpc) is 2.30. The van der Waals surface area contributed by atoms with Crippen LogP contribution in [-0.2, 0) is 28.9 Å². The molecule has 0 saturated heterocycles. The maximum absolute atomic E-state index is 11.5. The zero-order chi connectivity index (χ0) is 11.4. The van der Waals surface area contributed by atoms with E-state index in [1.165, 1.54) is 11.1 Å². The van der Waals surface area contributed by atoms with Gasteiger partial charge in [-0.3, -0.25) is 4.79 Å². The molecule has 94 valence electrons. The fourth-order valence-electron chi connectivity index (χ4n) is 2.12. The van der Waals surface area contributed by atoms with E-state index < -0.39 is 0 Å². The van der Waals surface area contributed by atoms with Crippen molar-refractivity contribution in [3.8, 4) is 0 Å². The van der Waals surface area contributed by atoms with E-state index >= 15 is 0 Å². The lowest BCUT2D eigenvalue weighted by Crippen LogP contribution is -2.25. The molecule has 0 fully saturated rings. The molecule has 1 aromatic carbocycles. The lowest BCUT2D eigenvalue weighted by molar-refractivity contribution is -0.142. The fourth-order valence-corrected chi connectivity index (χ4v) is 2.12. The van der Waals surface area contributed by atoms with Crippen LogP contribution in [0.25, 0.3) is 0 Å². The summed E-state index contributed by atoms with van der Waals surface area (Å²) in [6.07, 6.45) is 1.44. The minimum Gasteiger partial charge on any atom is -0.466 e. The molecular formula is C13H18ClNO2. The van der Waals surface area contributed by atoms with Crippen molar-refractivity contribution < 1.29 is 9.53 Å². The first-order valence-electron chi connectivity index (χ1n) is 5.77. The van der Waals surface area contributed by atoms with Gasteiger partial charge in [0.15, 0.2) is 0 Å². The van der Waals surface area contributed by atoms with Crippen LogP contribution < -0.4 is 5.32 Å². The molecule has 0 unspecified atom stereocenters. The van der Waals surface area contributed by atoms with E-state index in [1.54, 1.807) is 0 Å². The number of benzene rings is 1. The summed E-state index contributed by atoms with van der Waals surface area (Å²) in [7, 11) is 0. The minimum absolute atomic E-state index is 0. The quantitative estimate of drug-likeness (QED) is 0.838. The highest BCUT2D eigenvalue weighted by molar-refractivity contribution is 5.85. The second-order valence-corrected chi connectivity index (χ2v) is 3.96. The Labute approximate surface area is 108 Å². The number of fused-ring (bicyclic) bond motifs is 1. The Bertz CT molecular complexity index is 393. The second kappa shape index (κ2) is 6.62. The zero-order valence-electron chi connectivity index (χ0n) is 9.99. The predicted molar refractivity (Wildman–Crippen MR) is 69.4 cm³/mol. The van der Waals surface area contributed by atoms with E-state index in [1.807, 2.05) is 19.1 Å². The Morgan fingerprint density at radius 1 is 1.47 bits per heavy atom. The molecule has 1 N–H and O–H groups in total. The maximum atomic E-state index is 11.5. The molecule has 1 aromatic rings. The summed E-state index contributed by atoms with van der Waals surface area (Å²) in [5, 5.41) is 3.33. The van der Waals surface area contributed by atoms with Crippen molar-refractivity contribution >= 4 is 18.4 Å². The van der Waals surface area contributed by atoms with Crippen molar-refractivity contribution in [2.24, 2.45) is 0 Å². The first-order valence-corrected chi connectivity index (χ1v) is 5.77. The number of hydrogen-bond acceptors (Lipinski definition) is 3. The van der Waals surface area contributed by atoms with Gasteiger partial charge in [0.25, 0.3) is 0 Å². The normalized spacial score (nSPS) is 13.5. The average molecular weight is 256 g/mol. The van der Waals surface area contributed by atoms with Crippen molar-refractivity contribution in [3.05, 3.63) is 34.9 Å². The van der Waals surface area contributed by atoms with E-state index in [9.17, 15) is 4.79 Å². The Hall–Kier alpha value is -1.06. The number of esters is 1. The molecule has 1 heterocycles. The molecule has 0 amide bonds.